The quantitative estimate of drug-likeness (QED) is 0.851. The van der Waals surface area contributed by atoms with Crippen LogP contribution in [0.25, 0.3) is 11.4 Å². The molecule has 1 aromatic heterocycles. The lowest BCUT2D eigenvalue weighted by Crippen LogP contribution is -2.11. The van der Waals surface area contributed by atoms with Crippen LogP contribution < -0.4 is 5.73 Å². The highest BCUT2D eigenvalue weighted by Gasteiger charge is 2.14. The van der Waals surface area contributed by atoms with Crippen LogP contribution in [0.5, 0.6) is 0 Å². The predicted molar refractivity (Wildman–Crippen MR) is 66.3 cm³/mol. The molecule has 0 aliphatic carbocycles. The lowest BCUT2D eigenvalue weighted by molar-refractivity contribution is 0.480. The van der Waals surface area contributed by atoms with Crippen LogP contribution in [0, 0.1) is 0 Å². The summed E-state index contributed by atoms with van der Waals surface area (Å²) in [5.41, 5.74) is 7.79. The molecular formula is C13H16N4. The van der Waals surface area contributed by atoms with Crippen LogP contribution in [-0.2, 0) is 19.5 Å². The van der Waals surface area contributed by atoms with Crippen LogP contribution in [0.3, 0.4) is 0 Å². The van der Waals surface area contributed by atoms with Crippen LogP contribution in [0.1, 0.15) is 24.2 Å². The van der Waals surface area contributed by atoms with E-state index in [0.29, 0.717) is 6.54 Å². The van der Waals surface area contributed by atoms with Crippen LogP contribution in [0.15, 0.2) is 24.3 Å². The summed E-state index contributed by atoms with van der Waals surface area (Å²) in [7, 11) is 0. The summed E-state index contributed by atoms with van der Waals surface area (Å²) in [6.45, 7) is 1.58. The molecule has 0 atom stereocenters. The van der Waals surface area contributed by atoms with Crippen molar-refractivity contribution in [3.63, 3.8) is 0 Å². The van der Waals surface area contributed by atoms with E-state index in [9.17, 15) is 0 Å². The van der Waals surface area contributed by atoms with Crippen LogP contribution >= 0.6 is 0 Å². The molecule has 1 aromatic carbocycles. The number of hydrogen-bond donors (Lipinski definition) is 1. The Balaban J connectivity index is 1.94. The molecule has 4 nitrogen and oxygen atoms in total. The molecule has 0 saturated carbocycles. The Morgan fingerprint density at radius 3 is 2.71 bits per heavy atom. The number of nitrogens with two attached hydrogens (primary N) is 1. The number of nitrogens with zero attached hydrogens (tertiary/aromatic N) is 3. The summed E-state index contributed by atoms with van der Waals surface area (Å²) in [5.74, 6) is 1.96. The Labute approximate surface area is 100 Å². The third-order valence-corrected chi connectivity index (χ3v) is 3.22. The van der Waals surface area contributed by atoms with E-state index in [1.165, 1.54) is 12.8 Å². The number of rotatable bonds is 2. The summed E-state index contributed by atoms with van der Waals surface area (Å²) in [5, 5.41) is 4.55. The Morgan fingerprint density at radius 1 is 1.18 bits per heavy atom. The second-order valence-corrected chi connectivity index (χ2v) is 4.43. The first kappa shape index (κ1) is 10.5. The maximum Gasteiger partial charge on any atom is 0.181 e. The molecule has 0 unspecified atom stereocenters. The highest BCUT2D eigenvalue weighted by atomic mass is 15.3. The molecule has 17 heavy (non-hydrogen) atoms. The summed E-state index contributed by atoms with van der Waals surface area (Å²) >= 11 is 0. The van der Waals surface area contributed by atoms with Crippen molar-refractivity contribution in [2.24, 2.45) is 5.73 Å². The zero-order chi connectivity index (χ0) is 11.7. The molecule has 0 radical (unpaired) electrons. The topological polar surface area (TPSA) is 56.7 Å². The third kappa shape index (κ3) is 1.96. The van der Waals surface area contributed by atoms with Gasteiger partial charge in [0.15, 0.2) is 5.82 Å². The first-order valence-electron chi connectivity index (χ1n) is 6.10. The molecule has 4 heteroatoms. The summed E-state index contributed by atoms with van der Waals surface area (Å²) < 4.78 is 2.04. The van der Waals surface area contributed by atoms with Gasteiger partial charge in [0, 0.05) is 25.1 Å². The average molecular weight is 228 g/mol. The minimum atomic E-state index is 0.577. The van der Waals surface area contributed by atoms with Gasteiger partial charge in [0.05, 0.1) is 0 Å². The second kappa shape index (κ2) is 4.30. The fraction of sp³-hybridized carbons (Fsp3) is 0.385. The number of aromatic nitrogens is 3. The first-order valence-corrected chi connectivity index (χ1v) is 6.10. The van der Waals surface area contributed by atoms with Gasteiger partial charge in [-0.1, -0.05) is 24.3 Å². The zero-order valence-electron chi connectivity index (χ0n) is 9.76. The van der Waals surface area contributed by atoms with Crippen LogP contribution in [0.2, 0.25) is 0 Å². The number of fused-ring (bicyclic) bond motifs is 1. The third-order valence-electron chi connectivity index (χ3n) is 3.22. The number of benzene rings is 1. The van der Waals surface area contributed by atoms with Gasteiger partial charge in [-0.2, -0.15) is 5.10 Å². The zero-order valence-corrected chi connectivity index (χ0v) is 9.76. The molecule has 0 bridgehead atoms. The molecule has 2 heterocycles. The van der Waals surface area contributed by atoms with Crippen molar-refractivity contribution in [2.75, 3.05) is 0 Å². The summed E-state index contributed by atoms with van der Waals surface area (Å²) in [4.78, 5) is 4.60. The minimum absolute atomic E-state index is 0.577. The van der Waals surface area contributed by atoms with E-state index >= 15 is 0 Å². The molecule has 0 spiro atoms. The minimum Gasteiger partial charge on any atom is -0.326 e. The van der Waals surface area contributed by atoms with Crippen molar-refractivity contribution < 1.29 is 0 Å². The van der Waals surface area contributed by atoms with E-state index in [4.69, 9.17) is 5.73 Å². The Morgan fingerprint density at radius 2 is 2.00 bits per heavy atom. The molecule has 0 saturated heterocycles. The summed E-state index contributed by atoms with van der Waals surface area (Å²) in [6.07, 6.45) is 3.49. The van der Waals surface area contributed by atoms with Crippen molar-refractivity contribution in [3.05, 3.63) is 35.7 Å². The molecule has 2 aromatic rings. The monoisotopic (exact) mass is 228 g/mol. The smallest absolute Gasteiger partial charge is 0.181 e. The van der Waals surface area contributed by atoms with Gasteiger partial charge in [0.2, 0.25) is 0 Å². The number of hydrogen-bond acceptors (Lipinski definition) is 3. The average Bonchev–Trinajstić information content (AvgIpc) is 2.82. The van der Waals surface area contributed by atoms with Gasteiger partial charge in [0.1, 0.15) is 5.82 Å². The van der Waals surface area contributed by atoms with Crippen molar-refractivity contribution in [3.8, 4) is 11.4 Å². The van der Waals surface area contributed by atoms with E-state index in [1.807, 2.05) is 28.9 Å². The van der Waals surface area contributed by atoms with E-state index in [2.05, 4.69) is 10.1 Å². The van der Waals surface area contributed by atoms with Crippen LogP contribution in [-0.4, -0.2) is 14.8 Å². The van der Waals surface area contributed by atoms with E-state index in [0.717, 1.165) is 35.7 Å². The Kier molecular flexibility index (Phi) is 2.65. The van der Waals surface area contributed by atoms with E-state index < -0.39 is 0 Å². The molecular weight excluding hydrogens is 212 g/mol. The van der Waals surface area contributed by atoms with Gasteiger partial charge in [-0.25, -0.2) is 9.67 Å². The highest BCUT2D eigenvalue weighted by Crippen LogP contribution is 2.19. The largest absolute Gasteiger partial charge is 0.326 e. The maximum atomic E-state index is 5.58. The van der Waals surface area contributed by atoms with Crippen molar-refractivity contribution in [1.82, 2.24) is 14.8 Å². The fourth-order valence-electron chi connectivity index (χ4n) is 2.20. The van der Waals surface area contributed by atoms with Crippen LogP contribution in [0.4, 0.5) is 0 Å². The molecule has 2 N–H and O–H groups in total. The van der Waals surface area contributed by atoms with Gasteiger partial charge in [-0.3, -0.25) is 0 Å². The lowest BCUT2D eigenvalue weighted by Gasteiger charge is -2.09. The van der Waals surface area contributed by atoms with Gasteiger partial charge in [-0.05, 0) is 18.4 Å². The van der Waals surface area contributed by atoms with E-state index in [1.54, 1.807) is 0 Å². The maximum absolute atomic E-state index is 5.58. The normalized spacial score (nSPS) is 14.6. The molecule has 0 fully saturated rings. The second-order valence-electron chi connectivity index (χ2n) is 4.43. The Bertz CT molecular complexity index is 489. The van der Waals surface area contributed by atoms with Crippen molar-refractivity contribution >= 4 is 0 Å². The van der Waals surface area contributed by atoms with Gasteiger partial charge in [-0.15, -0.1) is 0 Å². The lowest BCUT2D eigenvalue weighted by atomic mass is 10.1. The predicted octanol–water partition coefficient (Wildman–Crippen LogP) is 1.74. The fourth-order valence-corrected chi connectivity index (χ4v) is 2.20. The first-order chi connectivity index (χ1) is 8.36. The molecule has 1 aliphatic rings. The molecule has 0 amide bonds. The van der Waals surface area contributed by atoms with Crippen molar-refractivity contribution in [1.29, 1.82) is 0 Å². The van der Waals surface area contributed by atoms with Gasteiger partial charge >= 0.3 is 0 Å². The highest BCUT2D eigenvalue weighted by molar-refractivity contribution is 5.55. The van der Waals surface area contributed by atoms with E-state index in [-0.39, 0.29) is 0 Å². The Hall–Kier alpha value is -1.68. The van der Waals surface area contributed by atoms with Crippen molar-refractivity contribution in [2.45, 2.75) is 32.4 Å². The molecule has 3 rings (SSSR count). The van der Waals surface area contributed by atoms with Gasteiger partial charge in [0.25, 0.3) is 0 Å². The molecule has 1 aliphatic heterocycles. The molecule has 88 valence electrons. The number of aryl methyl sites for hydroxylation is 2. The van der Waals surface area contributed by atoms with Gasteiger partial charge < -0.3 is 5.73 Å². The SMILES string of the molecule is NCc1ccc(-c2nc3n(n2)CCCC3)cc1. The standard InChI is InChI=1S/C13H16N4/c14-9-10-4-6-11(7-5-10)13-15-12-3-1-2-8-17(12)16-13/h4-7H,1-3,8-9,14H2. The summed E-state index contributed by atoms with van der Waals surface area (Å²) in [6, 6.07) is 8.16.